The molecule has 2 aromatic rings. The molecule has 1 amide bonds. The molecular formula is C22H30N2O3S. The minimum absolute atomic E-state index is 0.0429. The molecule has 1 aromatic heterocycles. The Bertz CT molecular complexity index is 799. The van der Waals surface area contributed by atoms with Gasteiger partial charge in [0.15, 0.2) is 11.5 Å². The molecule has 0 bridgehead atoms. The molecule has 1 aromatic carbocycles. The van der Waals surface area contributed by atoms with Crippen LogP contribution in [-0.4, -0.2) is 44.2 Å². The molecule has 0 unspecified atom stereocenters. The van der Waals surface area contributed by atoms with Gasteiger partial charge in [0.2, 0.25) is 0 Å². The van der Waals surface area contributed by atoms with Gasteiger partial charge in [0.25, 0.3) is 5.91 Å². The number of nitrogens with one attached hydrogen (secondary N) is 1. The Morgan fingerprint density at radius 2 is 1.96 bits per heavy atom. The van der Waals surface area contributed by atoms with Crippen LogP contribution in [0.5, 0.6) is 11.5 Å². The summed E-state index contributed by atoms with van der Waals surface area (Å²) >= 11 is 1.71. The van der Waals surface area contributed by atoms with Gasteiger partial charge < -0.3 is 19.7 Å². The third-order valence-electron chi connectivity index (χ3n) is 5.29. The Balaban J connectivity index is 1.68. The van der Waals surface area contributed by atoms with Crippen LogP contribution in [0.1, 0.15) is 47.5 Å². The normalized spacial score (nSPS) is 13.3. The molecule has 3 rings (SSSR count). The zero-order valence-electron chi connectivity index (χ0n) is 17.0. The van der Waals surface area contributed by atoms with Crippen LogP contribution >= 0.6 is 11.3 Å². The van der Waals surface area contributed by atoms with Crippen molar-refractivity contribution in [3.63, 3.8) is 0 Å². The van der Waals surface area contributed by atoms with E-state index in [-0.39, 0.29) is 5.91 Å². The number of likely N-dealkylation sites (N-methyl/N-ethyl adjacent to an activating group) is 1. The summed E-state index contributed by atoms with van der Waals surface area (Å²) in [5.41, 5.74) is 2.77. The Morgan fingerprint density at radius 1 is 1.18 bits per heavy atom. The highest BCUT2D eigenvalue weighted by Gasteiger charge is 2.20. The van der Waals surface area contributed by atoms with Crippen molar-refractivity contribution in [2.45, 2.75) is 39.5 Å². The first kappa shape index (κ1) is 20.7. The molecule has 5 nitrogen and oxygen atoms in total. The summed E-state index contributed by atoms with van der Waals surface area (Å²) in [4.78, 5) is 16.5. The fraction of sp³-hybridized carbons (Fsp3) is 0.500. The number of benzene rings is 1. The smallest absolute Gasteiger partial charge is 0.256 e. The molecule has 0 saturated heterocycles. The van der Waals surface area contributed by atoms with Crippen molar-refractivity contribution in [2.75, 3.05) is 38.7 Å². The van der Waals surface area contributed by atoms with Crippen molar-refractivity contribution in [1.82, 2.24) is 4.90 Å². The molecule has 0 radical (unpaired) electrons. The SMILES string of the molecule is CCN(CC)CCOc1cc(NC(=O)c2csc3c2CCCC3)ccc1OC. The summed E-state index contributed by atoms with van der Waals surface area (Å²) in [5, 5.41) is 5.03. The summed E-state index contributed by atoms with van der Waals surface area (Å²) in [7, 11) is 1.63. The molecule has 28 heavy (non-hydrogen) atoms. The third kappa shape index (κ3) is 4.86. The van der Waals surface area contributed by atoms with Gasteiger partial charge in [0.1, 0.15) is 6.61 Å². The van der Waals surface area contributed by atoms with Gasteiger partial charge in [0.05, 0.1) is 12.7 Å². The number of fused-ring (bicyclic) bond motifs is 1. The molecule has 0 aliphatic heterocycles. The second-order valence-electron chi connectivity index (χ2n) is 6.95. The molecule has 0 fully saturated rings. The van der Waals surface area contributed by atoms with E-state index < -0.39 is 0 Å². The zero-order chi connectivity index (χ0) is 19.9. The van der Waals surface area contributed by atoms with E-state index in [1.807, 2.05) is 23.6 Å². The lowest BCUT2D eigenvalue weighted by Crippen LogP contribution is -2.28. The third-order valence-corrected chi connectivity index (χ3v) is 6.38. The number of aryl methyl sites for hydroxylation is 1. The Hall–Kier alpha value is -2.05. The minimum atomic E-state index is -0.0429. The van der Waals surface area contributed by atoms with E-state index in [4.69, 9.17) is 9.47 Å². The summed E-state index contributed by atoms with van der Waals surface area (Å²) in [5.74, 6) is 1.28. The first-order valence-electron chi connectivity index (χ1n) is 10.1. The fourth-order valence-electron chi connectivity index (χ4n) is 3.57. The first-order valence-corrected chi connectivity index (χ1v) is 11.0. The minimum Gasteiger partial charge on any atom is -0.493 e. The van der Waals surface area contributed by atoms with Crippen molar-refractivity contribution in [1.29, 1.82) is 0 Å². The van der Waals surface area contributed by atoms with E-state index in [2.05, 4.69) is 24.1 Å². The second kappa shape index (κ2) is 9.94. The molecule has 0 atom stereocenters. The highest BCUT2D eigenvalue weighted by molar-refractivity contribution is 7.10. The highest BCUT2D eigenvalue weighted by Crippen LogP contribution is 2.33. The number of amides is 1. The fourth-order valence-corrected chi connectivity index (χ4v) is 4.70. The molecule has 152 valence electrons. The standard InChI is InChI=1S/C22H30N2O3S/c1-4-24(5-2)12-13-27-20-14-16(10-11-19(20)26-3)23-22(25)18-15-28-21-9-7-6-8-17(18)21/h10-11,14-15H,4-9,12-13H2,1-3H3,(H,23,25). The van der Waals surface area contributed by atoms with E-state index in [1.54, 1.807) is 18.4 Å². The van der Waals surface area contributed by atoms with E-state index in [0.29, 0.717) is 18.1 Å². The number of carbonyl (C=O) groups excluding carboxylic acids is 1. The molecule has 1 aliphatic carbocycles. The number of carbonyl (C=O) groups is 1. The maximum atomic E-state index is 12.8. The number of thiophene rings is 1. The maximum absolute atomic E-state index is 12.8. The van der Waals surface area contributed by atoms with Gasteiger partial charge in [-0.1, -0.05) is 13.8 Å². The van der Waals surface area contributed by atoms with Gasteiger partial charge in [-0.25, -0.2) is 0 Å². The predicted molar refractivity (Wildman–Crippen MR) is 115 cm³/mol. The van der Waals surface area contributed by atoms with Crippen molar-refractivity contribution in [3.05, 3.63) is 39.6 Å². The van der Waals surface area contributed by atoms with Crippen LogP contribution in [0, 0.1) is 0 Å². The topological polar surface area (TPSA) is 50.8 Å². The lowest BCUT2D eigenvalue weighted by atomic mass is 9.95. The van der Waals surface area contributed by atoms with Crippen LogP contribution in [-0.2, 0) is 12.8 Å². The van der Waals surface area contributed by atoms with Crippen molar-refractivity contribution < 1.29 is 14.3 Å². The molecule has 1 heterocycles. The molecule has 1 aliphatic rings. The lowest BCUT2D eigenvalue weighted by molar-refractivity contribution is 0.102. The van der Waals surface area contributed by atoms with E-state index in [1.165, 1.54) is 16.9 Å². The quantitative estimate of drug-likeness (QED) is 0.666. The van der Waals surface area contributed by atoms with E-state index in [0.717, 1.165) is 50.1 Å². The van der Waals surface area contributed by atoms with Gasteiger partial charge in [0, 0.05) is 28.6 Å². The number of nitrogens with zero attached hydrogens (tertiary/aromatic N) is 1. The van der Waals surface area contributed by atoms with Gasteiger partial charge in [-0.3, -0.25) is 4.79 Å². The Labute approximate surface area is 171 Å². The highest BCUT2D eigenvalue weighted by atomic mass is 32.1. The summed E-state index contributed by atoms with van der Waals surface area (Å²) < 4.78 is 11.4. The summed E-state index contributed by atoms with van der Waals surface area (Å²) in [6.45, 7) is 7.71. The number of hydrogen-bond donors (Lipinski definition) is 1. The van der Waals surface area contributed by atoms with Crippen LogP contribution in [0.4, 0.5) is 5.69 Å². The van der Waals surface area contributed by atoms with Crippen molar-refractivity contribution in [3.8, 4) is 11.5 Å². The number of methoxy groups -OCH3 is 1. The molecular weight excluding hydrogens is 372 g/mol. The van der Waals surface area contributed by atoms with Gasteiger partial charge >= 0.3 is 0 Å². The summed E-state index contributed by atoms with van der Waals surface area (Å²) in [6, 6.07) is 5.54. The van der Waals surface area contributed by atoms with Crippen LogP contribution < -0.4 is 14.8 Å². The van der Waals surface area contributed by atoms with Gasteiger partial charge in [-0.05, 0) is 56.5 Å². The number of hydrogen-bond acceptors (Lipinski definition) is 5. The van der Waals surface area contributed by atoms with Crippen LogP contribution in [0.25, 0.3) is 0 Å². The average molecular weight is 403 g/mol. The lowest BCUT2D eigenvalue weighted by Gasteiger charge is -2.19. The van der Waals surface area contributed by atoms with E-state index >= 15 is 0 Å². The predicted octanol–water partition coefficient (Wildman–Crippen LogP) is 4.61. The summed E-state index contributed by atoms with van der Waals surface area (Å²) in [6.07, 6.45) is 4.49. The number of rotatable bonds is 9. The van der Waals surface area contributed by atoms with E-state index in [9.17, 15) is 4.79 Å². The van der Waals surface area contributed by atoms with Crippen LogP contribution in [0.15, 0.2) is 23.6 Å². The zero-order valence-corrected chi connectivity index (χ0v) is 17.9. The monoisotopic (exact) mass is 402 g/mol. The van der Waals surface area contributed by atoms with Crippen LogP contribution in [0.2, 0.25) is 0 Å². The Morgan fingerprint density at radius 3 is 2.71 bits per heavy atom. The van der Waals surface area contributed by atoms with Crippen molar-refractivity contribution in [2.24, 2.45) is 0 Å². The van der Waals surface area contributed by atoms with Crippen LogP contribution in [0.3, 0.4) is 0 Å². The maximum Gasteiger partial charge on any atom is 0.256 e. The first-order chi connectivity index (χ1) is 13.7. The Kier molecular flexibility index (Phi) is 7.34. The number of ether oxygens (including phenoxy) is 2. The van der Waals surface area contributed by atoms with Crippen molar-refractivity contribution >= 4 is 22.9 Å². The molecule has 0 spiro atoms. The number of anilines is 1. The molecule has 6 heteroatoms. The largest absolute Gasteiger partial charge is 0.493 e. The average Bonchev–Trinajstić information content (AvgIpc) is 3.16. The molecule has 0 saturated carbocycles. The second-order valence-corrected chi connectivity index (χ2v) is 7.92. The molecule has 1 N–H and O–H groups in total. The van der Waals surface area contributed by atoms with Gasteiger partial charge in [-0.15, -0.1) is 11.3 Å². The van der Waals surface area contributed by atoms with Gasteiger partial charge in [-0.2, -0.15) is 0 Å².